The van der Waals surface area contributed by atoms with Gasteiger partial charge in [0.15, 0.2) is 5.69 Å². The first-order valence-electron chi connectivity index (χ1n) is 12.9. The van der Waals surface area contributed by atoms with E-state index < -0.39 is 34.3 Å². The standard InChI is InChI=1S/C29H26FN5O4/c30-21-7-5-17(6-8-21)14-32-26(38)23-24(36)27(39)35-16-18-9-11-29(12-10-18,28(35)33-23)34-25(37)20-13-19-3-1-2-4-22(19)31-15-20/h1-8,13,15,18,36H,9-12,14,16H2,(H,32,38)(H,34,37). The second-order valence-corrected chi connectivity index (χ2v) is 10.3. The van der Waals surface area contributed by atoms with Crippen LogP contribution < -0.4 is 16.2 Å². The van der Waals surface area contributed by atoms with E-state index in [0.29, 0.717) is 30.5 Å². The first-order valence-corrected chi connectivity index (χ1v) is 12.9. The molecule has 4 heterocycles. The third-order valence-electron chi connectivity index (χ3n) is 7.76. The summed E-state index contributed by atoms with van der Waals surface area (Å²) in [5, 5.41) is 17.3. The Morgan fingerprint density at radius 3 is 2.59 bits per heavy atom. The number of rotatable bonds is 5. The molecule has 0 atom stereocenters. The second-order valence-electron chi connectivity index (χ2n) is 10.3. The van der Waals surface area contributed by atoms with Gasteiger partial charge in [-0.3, -0.25) is 23.9 Å². The van der Waals surface area contributed by atoms with Crippen molar-refractivity contribution in [2.75, 3.05) is 0 Å². The Kier molecular flexibility index (Phi) is 6.09. The second kappa shape index (κ2) is 9.61. The molecule has 0 spiro atoms. The zero-order valence-corrected chi connectivity index (χ0v) is 21.0. The summed E-state index contributed by atoms with van der Waals surface area (Å²) in [5.74, 6) is -1.78. The summed E-state index contributed by atoms with van der Waals surface area (Å²) in [4.78, 5) is 48.8. The normalized spacial score (nSPS) is 19.8. The van der Waals surface area contributed by atoms with Crippen LogP contribution in [0, 0.1) is 11.7 Å². The molecule has 2 aliphatic heterocycles. The molecule has 2 bridgehead atoms. The molecule has 0 unspecified atom stereocenters. The van der Waals surface area contributed by atoms with Crippen LogP contribution in [0.2, 0.25) is 0 Å². The highest BCUT2D eigenvalue weighted by molar-refractivity contribution is 5.98. The monoisotopic (exact) mass is 527 g/mol. The number of nitrogens with one attached hydrogen (secondary N) is 2. The molecule has 1 aliphatic carbocycles. The van der Waals surface area contributed by atoms with Gasteiger partial charge in [0.1, 0.15) is 11.6 Å². The maximum atomic E-state index is 13.5. The van der Waals surface area contributed by atoms with Gasteiger partial charge in [0.2, 0.25) is 5.75 Å². The minimum absolute atomic E-state index is 0.0531. The number of hydrogen-bond acceptors (Lipinski definition) is 6. The molecule has 0 saturated heterocycles. The summed E-state index contributed by atoms with van der Waals surface area (Å²) in [6, 6.07) is 14.9. The van der Waals surface area contributed by atoms with Gasteiger partial charge >= 0.3 is 0 Å². The molecule has 9 nitrogen and oxygen atoms in total. The van der Waals surface area contributed by atoms with Crippen molar-refractivity contribution >= 4 is 22.7 Å². The number of carbonyl (C=O) groups excluding carboxylic acids is 2. The molecule has 1 fully saturated rings. The summed E-state index contributed by atoms with van der Waals surface area (Å²) >= 11 is 0. The predicted octanol–water partition coefficient (Wildman–Crippen LogP) is 3.40. The van der Waals surface area contributed by atoms with Crippen molar-refractivity contribution in [3.63, 3.8) is 0 Å². The number of halogens is 1. The molecular weight excluding hydrogens is 501 g/mol. The Hall–Kier alpha value is -4.60. The molecule has 2 aromatic carbocycles. The van der Waals surface area contributed by atoms with Gasteiger partial charge in [-0.25, -0.2) is 9.37 Å². The van der Waals surface area contributed by atoms with Crippen molar-refractivity contribution in [3.8, 4) is 5.75 Å². The van der Waals surface area contributed by atoms with E-state index in [1.54, 1.807) is 6.07 Å². The van der Waals surface area contributed by atoms with Gasteiger partial charge in [-0.05, 0) is 61.4 Å². The van der Waals surface area contributed by atoms with Gasteiger partial charge in [-0.2, -0.15) is 0 Å². The zero-order valence-electron chi connectivity index (χ0n) is 21.0. The lowest BCUT2D eigenvalue weighted by Gasteiger charge is -2.37. The fraction of sp³-hybridized carbons (Fsp3) is 0.276. The molecule has 2 aromatic heterocycles. The fourth-order valence-electron chi connectivity index (χ4n) is 5.61. The fourth-order valence-corrected chi connectivity index (χ4v) is 5.61. The topological polar surface area (TPSA) is 126 Å². The van der Waals surface area contributed by atoms with Crippen LogP contribution in [-0.2, 0) is 18.6 Å². The molecule has 10 heteroatoms. The molecular formula is C29H26FN5O4. The van der Waals surface area contributed by atoms with Gasteiger partial charge in [0.05, 0.1) is 16.6 Å². The minimum Gasteiger partial charge on any atom is -0.501 e. The number of para-hydroxylation sites is 1. The molecule has 2 amide bonds. The van der Waals surface area contributed by atoms with Crippen molar-refractivity contribution in [3.05, 3.63) is 99.6 Å². The van der Waals surface area contributed by atoms with E-state index in [1.165, 1.54) is 35.0 Å². The maximum absolute atomic E-state index is 13.5. The number of pyridine rings is 1. The molecule has 3 aliphatic rings. The van der Waals surface area contributed by atoms with Crippen LogP contribution >= 0.6 is 0 Å². The third-order valence-corrected chi connectivity index (χ3v) is 7.76. The third kappa shape index (κ3) is 4.52. The number of nitrogens with zero attached hydrogens (tertiary/aromatic N) is 3. The van der Waals surface area contributed by atoms with Crippen LogP contribution in [-0.4, -0.2) is 31.5 Å². The number of hydrogen-bond donors (Lipinski definition) is 3. The highest BCUT2D eigenvalue weighted by Crippen LogP contribution is 2.43. The van der Waals surface area contributed by atoms with E-state index in [4.69, 9.17) is 0 Å². The van der Waals surface area contributed by atoms with Crippen LogP contribution in [0.4, 0.5) is 4.39 Å². The highest BCUT2D eigenvalue weighted by atomic mass is 19.1. The van der Waals surface area contributed by atoms with Gasteiger partial charge in [-0.15, -0.1) is 0 Å². The zero-order chi connectivity index (χ0) is 27.1. The largest absolute Gasteiger partial charge is 0.501 e. The Balaban J connectivity index is 1.35. The van der Waals surface area contributed by atoms with E-state index in [0.717, 1.165) is 23.7 Å². The van der Waals surface area contributed by atoms with Crippen molar-refractivity contribution < 1.29 is 19.1 Å². The van der Waals surface area contributed by atoms with Crippen LogP contribution in [0.3, 0.4) is 0 Å². The lowest BCUT2D eigenvalue weighted by molar-refractivity contribution is 0.0850. The van der Waals surface area contributed by atoms with E-state index in [1.807, 2.05) is 24.3 Å². The maximum Gasteiger partial charge on any atom is 0.296 e. The summed E-state index contributed by atoms with van der Waals surface area (Å²) in [6.07, 6.45) is 4.11. The van der Waals surface area contributed by atoms with E-state index in [9.17, 15) is 23.9 Å². The molecule has 7 rings (SSSR count). The summed E-state index contributed by atoms with van der Waals surface area (Å²) in [6.45, 7) is 0.402. The van der Waals surface area contributed by atoms with E-state index >= 15 is 0 Å². The van der Waals surface area contributed by atoms with Gasteiger partial charge in [0.25, 0.3) is 17.4 Å². The van der Waals surface area contributed by atoms with Gasteiger partial charge in [0, 0.05) is 24.7 Å². The van der Waals surface area contributed by atoms with Crippen LogP contribution in [0.25, 0.3) is 10.9 Å². The summed E-state index contributed by atoms with van der Waals surface area (Å²) < 4.78 is 14.6. The quantitative estimate of drug-likeness (QED) is 0.365. The van der Waals surface area contributed by atoms with Crippen molar-refractivity contribution in [2.24, 2.45) is 5.92 Å². The van der Waals surface area contributed by atoms with Crippen LogP contribution in [0.1, 0.15) is 57.9 Å². The lowest BCUT2D eigenvalue weighted by atomic mass is 9.77. The lowest BCUT2D eigenvalue weighted by Crippen LogP contribution is -2.50. The van der Waals surface area contributed by atoms with Gasteiger partial charge in [-0.1, -0.05) is 30.3 Å². The Bertz CT molecular complexity index is 1660. The molecule has 0 radical (unpaired) electrons. The van der Waals surface area contributed by atoms with Crippen molar-refractivity contribution in [2.45, 2.75) is 44.3 Å². The number of fused-ring (bicyclic) bond motifs is 3. The predicted molar refractivity (Wildman–Crippen MR) is 141 cm³/mol. The smallest absolute Gasteiger partial charge is 0.296 e. The number of aromatic hydroxyl groups is 1. The van der Waals surface area contributed by atoms with Crippen LogP contribution in [0.5, 0.6) is 5.75 Å². The first kappa shape index (κ1) is 24.7. The van der Waals surface area contributed by atoms with E-state index in [2.05, 4.69) is 20.6 Å². The number of benzene rings is 2. The summed E-state index contributed by atoms with van der Waals surface area (Å²) in [7, 11) is 0. The Morgan fingerprint density at radius 1 is 1.08 bits per heavy atom. The van der Waals surface area contributed by atoms with E-state index in [-0.39, 0.29) is 24.2 Å². The SMILES string of the molecule is O=C(NC12CCC(CC1)Cn1c2nc(C(=O)NCc2ccc(F)cc2)c(O)c1=O)c1cnc2ccccc2c1. The Labute approximate surface area is 222 Å². The first-order chi connectivity index (χ1) is 18.8. The minimum atomic E-state index is -0.991. The van der Waals surface area contributed by atoms with Crippen LogP contribution in [0.15, 0.2) is 65.6 Å². The molecule has 4 aromatic rings. The highest BCUT2D eigenvalue weighted by Gasteiger charge is 2.46. The average molecular weight is 528 g/mol. The molecule has 39 heavy (non-hydrogen) atoms. The molecule has 1 saturated carbocycles. The van der Waals surface area contributed by atoms with Crippen molar-refractivity contribution in [1.29, 1.82) is 0 Å². The molecule has 3 N–H and O–H groups in total. The van der Waals surface area contributed by atoms with Gasteiger partial charge < -0.3 is 15.7 Å². The molecule has 198 valence electrons. The summed E-state index contributed by atoms with van der Waals surface area (Å²) in [5.41, 5.74) is -0.324. The number of carbonyl (C=O) groups is 2. The number of aromatic nitrogens is 3. The Morgan fingerprint density at radius 2 is 1.82 bits per heavy atom. The number of amides is 2. The average Bonchev–Trinajstić information content (AvgIpc) is 3.20. The van der Waals surface area contributed by atoms with Crippen molar-refractivity contribution in [1.82, 2.24) is 25.2 Å².